The van der Waals surface area contributed by atoms with Crippen LogP contribution in [0.15, 0.2) is 47.4 Å². The summed E-state index contributed by atoms with van der Waals surface area (Å²) in [6.07, 6.45) is 0. The Labute approximate surface area is 185 Å². The van der Waals surface area contributed by atoms with E-state index in [9.17, 15) is 16.8 Å². The van der Waals surface area contributed by atoms with E-state index in [-0.39, 0.29) is 22.3 Å². The highest BCUT2D eigenvalue weighted by Crippen LogP contribution is 2.34. The van der Waals surface area contributed by atoms with Crippen LogP contribution in [0.4, 0.5) is 17.1 Å². The number of sulfonamides is 2. The van der Waals surface area contributed by atoms with Gasteiger partial charge in [0.15, 0.2) is 0 Å². The molecule has 2 aromatic carbocycles. The van der Waals surface area contributed by atoms with Crippen LogP contribution in [0.5, 0.6) is 5.75 Å². The van der Waals surface area contributed by atoms with Crippen molar-refractivity contribution in [3.63, 3.8) is 0 Å². The van der Waals surface area contributed by atoms with Gasteiger partial charge in [0.25, 0.3) is 0 Å². The van der Waals surface area contributed by atoms with Crippen molar-refractivity contribution in [2.24, 2.45) is 5.92 Å². The molecule has 172 valence electrons. The number of nitrogens with one attached hydrogen (secondary N) is 2. The third-order valence-corrected chi connectivity index (χ3v) is 8.21. The van der Waals surface area contributed by atoms with Crippen LogP contribution in [0, 0.1) is 5.92 Å². The molecule has 0 atom stereocenters. The Kier molecular flexibility index (Phi) is 8.33. The van der Waals surface area contributed by atoms with Crippen molar-refractivity contribution in [3.05, 3.63) is 42.5 Å². The molecule has 0 unspecified atom stereocenters. The molecule has 0 heterocycles. The molecule has 0 spiro atoms. The predicted molar refractivity (Wildman–Crippen MR) is 125 cm³/mol. The number of ether oxygens (including phenoxy) is 1. The minimum atomic E-state index is -3.76. The van der Waals surface area contributed by atoms with Crippen LogP contribution < -0.4 is 14.8 Å². The fourth-order valence-corrected chi connectivity index (χ4v) is 6.08. The fraction of sp³-hybridized carbons (Fsp3) is 0.429. The highest BCUT2D eigenvalue weighted by Gasteiger charge is 2.24. The zero-order valence-corrected chi connectivity index (χ0v) is 20.2. The van der Waals surface area contributed by atoms with Gasteiger partial charge in [0.05, 0.1) is 34.8 Å². The van der Waals surface area contributed by atoms with Crippen molar-refractivity contribution >= 4 is 37.1 Å². The molecule has 0 amide bonds. The summed E-state index contributed by atoms with van der Waals surface area (Å²) in [6, 6.07) is 11.5. The Bertz CT molecular complexity index is 1100. The lowest BCUT2D eigenvalue weighted by molar-refractivity contribution is 0.417. The molecule has 2 aromatic rings. The van der Waals surface area contributed by atoms with E-state index < -0.39 is 20.0 Å². The van der Waals surface area contributed by atoms with Gasteiger partial charge in [-0.05, 0) is 36.2 Å². The minimum Gasteiger partial charge on any atom is -0.495 e. The van der Waals surface area contributed by atoms with E-state index >= 15 is 0 Å². The third-order valence-electron chi connectivity index (χ3n) is 4.53. The number of para-hydroxylation sites is 2. The first-order chi connectivity index (χ1) is 14.5. The van der Waals surface area contributed by atoms with Gasteiger partial charge in [-0.1, -0.05) is 39.8 Å². The molecule has 0 fully saturated rings. The summed E-state index contributed by atoms with van der Waals surface area (Å²) < 4.78 is 60.4. The highest BCUT2D eigenvalue weighted by molar-refractivity contribution is 7.92. The Hall–Kier alpha value is -2.30. The first-order valence-electron chi connectivity index (χ1n) is 10.1. The Morgan fingerprint density at radius 2 is 1.58 bits per heavy atom. The molecule has 10 heteroatoms. The largest absolute Gasteiger partial charge is 0.495 e. The quantitative estimate of drug-likeness (QED) is 0.518. The van der Waals surface area contributed by atoms with E-state index in [0.717, 1.165) is 0 Å². The SMILES string of the molecule is CCN(CC)S(=O)(=O)c1ccc(Nc2ccccc2OC)c(NS(=O)(=O)CC(C)C)c1. The summed E-state index contributed by atoms with van der Waals surface area (Å²) in [5.41, 5.74) is 1.18. The lowest BCUT2D eigenvalue weighted by Crippen LogP contribution is -2.30. The second-order valence-corrected chi connectivity index (χ2v) is 11.1. The van der Waals surface area contributed by atoms with Crippen LogP contribution >= 0.6 is 0 Å². The van der Waals surface area contributed by atoms with Crippen LogP contribution in [0.2, 0.25) is 0 Å². The van der Waals surface area contributed by atoms with Crippen molar-refractivity contribution in [2.75, 3.05) is 36.0 Å². The smallest absolute Gasteiger partial charge is 0.243 e. The number of methoxy groups -OCH3 is 1. The maximum atomic E-state index is 13.0. The van der Waals surface area contributed by atoms with E-state index in [4.69, 9.17) is 4.74 Å². The minimum absolute atomic E-state index is 0.0176. The highest BCUT2D eigenvalue weighted by atomic mass is 32.2. The first kappa shape index (κ1) is 25.0. The monoisotopic (exact) mass is 469 g/mol. The molecule has 8 nitrogen and oxygen atoms in total. The van der Waals surface area contributed by atoms with Gasteiger partial charge < -0.3 is 10.1 Å². The molecule has 31 heavy (non-hydrogen) atoms. The number of hydrogen-bond donors (Lipinski definition) is 2. The van der Waals surface area contributed by atoms with Crippen LogP contribution in [-0.2, 0) is 20.0 Å². The molecule has 0 aliphatic heterocycles. The number of anilines is 3. The second kappa shape index (κ2) is 10.3. The van der Waals surface area contributed by atoms with Gasteiger partial charge in [0, 0.05) is 13.1 Å². The van der Waals surface area contributed by atoms with Gasteiger partial charge in [0.1, 0.15) is 5.75 Å². The van der Waals surface area contributed by atoms with Gasteiger partial charge in [-0.25, -0.2) is 16.8 Å². The molecular formula is C21H31N3O5S2. The van der Waals surface area contributed by atoms with Gasteiger partial charge >= 0.3 is 0 Å². The summed E-state index contributed by atoms with van der Waals surface area (Å²) in [5, 5.41) is 3.14. The average molecular weight is 470 g/mol. The summed E-state index contributed by atoms with van der Waals surface area (Å²) in [5.74, 6) is 0.387. The molecule has 0 aliphatic carbocycles. The Morgan fingerprint density at radius 1 is 0.935 bits per heavy atom. The molecule has 0 aromatic heterocycles. The number of hydrogen-bond acceptors (Lipinski definition) is 6. The van der Waals surface area contributed by atoms with Crippen LogP contribution in [0.25, 0.3) is 0 Å². The van der Waals surface area contributed by atoms with Gasteiger partial charge in [0.2, 0.25) is 20.0 Å². The van der Waals surface area contributed by atoms with E-state index in [1.165, 1.54) is 23.5 Å². The van der Waals surface area contributed by atoms with Crippen LogP contribution in [0.1, 0.15) is 27.7 Å². The van der Waals surface area contributed by atoms with Crippen molar-refractivity contribution < 1.29 is 21.6 Å². The normalized spacial score (nSPS) is 12.2. The molecule has 0 saturated carbocycles. The van der Waals surface area contributed by atoms with Crippen molar-refractivity contribution in [3.8, 4) is 5.75 Å². The van der Waals surface area contributed by atoms with E-state index in [0.29, 0.717) is 30.2 Å². The second-order valence-electron chi connectivity index (χ2n) is 7.40. The Morgan fingerprint density at radius 3 is 2.16 bits per heavy atom. The van der Waals surface area contributed by atoms with Crippen LogP contribution in [0.3, 0.4) is 0 Å². The van der Waals surface area contributed by atoms with Gasteiger partial charge in [-0.2, -0.15) is 4.31 Å². The van der Waals surface area contributed by atoms with Gasteiger partial charge in [-0.15, -0.1) is 0 Å². The summed E-state index contributed by atoms with van der Waals surface area (Å²) in [4.78, 5) is 0.0176. The average Bonchev–Trinajstić information content (AvgIpc) is 2.69. The van der Waals surface area contributed by atoms with Gasteiger partial charge in [-0.3, -0.25) is 4.72 Å². The number of nitrogens with zero attached hydrogens (tertiary/aromatic N) is 1. The number of benzene rings is 2. The van der Waals surface area contributed by atoms with Crippen molar-refractivity contribution in [2.45, 2.75) is 32.6 Å². The summed E-state index contributed by atoms with van der Waals surface area (Å²) >= 11 is 0. The molecule has 0 radical (unpaired) electrons. The van der Waals surface area contributed by atoms with Crippen molar-refractivity contribution in [1.82, 2.24) is 4.31 Å². The van der Waals surface area contributed by atoms with E-state index in [1.807, 2.05) is 12.1 Å². The Balaban J connectivity index is 2.57. The first-order valence-corrected chi connectivity index (χ1v) is 13.2. The maximum absolute atomic E-state index is 13.0. The van der Waals surface area contributed by atoms with Crippen molar-refractivity contribution in [1.29, 1.82) is 0 Å². The molecular weight excluding hydrogens is 438 g/mol. The predicted octanol–water partition coefficient (Wildman–Crippen LogP) is 3.87. The number of rotatable bonds is 11. The zero-order chi connectivity index (χ0) is 23.2. The lowest BCUT2D eigenvalue weighted by atomic mass is 10.2. The lowest BCUT2D eigenvalue weighted by Gasteiger charge is -2.21. The maximum Gasteiger partial charge on any atom is 0.243 e. The third kappa shape index (κ3) is 6.34. The zero-order valence-electron chi connectivity index (χ0n) is 18.5. The molecule has 2 N–H and O–H groups in total. The molecule has 0 bridgehead atoms. The molecule has 0 saturated heterocycles. The van der Waals surface area contributed by atoms with Crippen LogP contribution in [-0.4, -0.2) is 47.1 Å². The molecule has 0 aliphatic rings. The van der Waals surface area contributed by atoms with E-state index in [1.54, 1.807) is 45.9 Å². The summed E-state index contributed by atoms with van der Waals surface area (Å²) in [7, 11) is -5.91. The topological polar surface area (TPSA) is 105 Å². The standard InChI is InChI=1S/C21H31N3O5S2/c1-6-24(7-2)31(27,28)17-12-13-18(22-19-10-8-9-11-21(19)29-5)20(14-17)23-30(25,26)15-16(3)4/h8-14,16,22-23H,6-7,15H2,1-5H3. The fourth-order valence-electron chi connectivity index (χ4n) is 3.13. The summed E-state index contributed by atoms with van der Waals surface area (Å²) in [6.45, 7) is 7.74. The van der Waals surface area contributed by atoms with E-state index in [2.05, 4.69) is 10.0 Å². The molecule has 2 rings (SSSR count).